The summed E-state index contributed by atoms with van der Waals surface area (Å²) in [6.45, 7) is 5.90. The Bertz CT molecular complexity index is 732. The van der Waals surface area contributed by atoms with Gasteiger partial charge < -0.3 is 25.2 Å². The van der Waals surface area contributed by atoms with Gasteiger partial charge in [-0.2, -0.15) is 0 Å². The third-order valence-corrected chi connectivity index (χ3v) is 7.61. The fraction of sp³-hybridized carbons (Fsp3) is 0.875. The van der Waals surface area contributed by atoms with Gasteiger partial charge in [0.1, 0.15) is 12.1 Å². The number of hydrogen-bond acceptors (Lipinski definition) is 4. The van der Waals surface area contributed by atoms with Crippen molar-refractivity contribution in [2.75, 3.05) is 20.6 Å². The zero-order chi connectivity index (χ0) is 23.0. The highest BCUT2D eigenvalue weighted by Crippen LogP contribution is 2.44. The molecule has 0 spiro atoms. The first-order valence-corrected chi connectivity index (χ1v) is 12.4. The number of rotatable bonds is 4. The minimum absolute atomic E-state index is 0.00106. The third-order valence-electron chi connectivity index (χ3n) is 7.61. The van der Waals surface area contributed by atoms with Crippen LogP contribution < -0.4 is 10.6 Å². The summed E-state index contributed by atoms with van der Waals surface area (Å²) in [6, 6.07) is 1.10. The Kier molecular flexibility index (Phi) is 6.59. The summed E-state index contributed by atoms with van der Waals surface area (Å²) in [4.78, 5) is 33.1. The number of ether oxygens (including phenoxy) is 1. The molecule has 0 aromatic carbocycles. The lowest BCUT2D eigenvalue weighted by Crippen LogP contribution is -2.56. The fourth-order valence-corrected chi connectivity index (χ4v) is 6.12. The van der Waals surface area contributed by atoms with E-state index in [4.69, 9.17) is 4.74 Å². The van der Waals surface area contributed by atoms with Gasteiger partial charge in [-0.05, 0) is 77.6 Å². The number of carbonyl (C=O) groups excluding carboxylic acids is 2. The van der Waals surface area contributed by atoms with Gasteiger partial charge in [0.15, 0.2) is 5.96 Å². The quantitative estimate of drug-likeness (QED) is 0.511. The van der Waals surface area contributed by atoms with Gasteiger partial charge in [0.2, 0.25) is 5.91 Å². The van der Waals surface area contributed by atoms with E-state index >= 15 is 0 Å². The molecule has 180 valence electrons. The average Bonchev–Trinajstić information content (AvgIpc) is 3.38. The standard InChI is InChI=1S/C24H41N5O3/c1-24(2,3)32-23(31)29-18-8-9-19(29)13-17(12-18)26-22(25-14-21(30)28(4)5)27-20-11-15-6-7-16(20)10-15/h15-20H,6-14H2,1-5H3,(H2,25,26,27). The Morgan fingerprint density at radius 2 is 1.69 bits per heavy atom. The van der Waals surface area contributed by atoms with Crippen LogP contribution in [0, 0.1) is 11.8 Å². The molecule has 32 heavy (non-hydrogen) atoms. The summed E-state index contributed by atoms with van der Waals surface area (Å²) in [5, 5.41) is 7.30. The topological polar surface area (TPSA) is 86.3 Å². The highest BCUT2D eigenvalue weighted by Gasteiger charge is 2.45. The molecule has 2 amide bonds. The molecular weight excluding hydrogens is 406 g/mol. The molecule has 2 saturated carbocycles. The lowest BCUT2D eigenvalue weighted by atomic mass is 9.95. The van der Waals surface area contributed by atoms with Gasteiger partial charge in [0, 0.05) is 38.3 Å². The van der Waals surface area contributed by atoms with Gasteiger partial charge in [0.05, 0.1) is 0 Å². The lowest BCUT2D eigenvalue weighted by Gasteiger charge is -2.40. The van der Waals surface area contributed by atoms with Crippen LogP contribution in [0.25, 0.3) is 0 Å². The van der Waals surface area contributed by atoms with Crippen LogP contribution in [0.2, 0.25) is 0 Å². The fourth-order valence-electron chi connectivity index (χ4n) is 6.12. The zero-order valence-electron chi connectivity index (χ0n) is 20.4. The van der Waals surface area contributed by atoms with Crippen LogP contribution in [0.15, 0.2) is 4.99 Å². The molecular formula is C24H41N5O3. The van der Waals surface area contributed by atoms with E-state index in [1.165, 1.54) is 25.7 Å². The number of amides is 2. The van der Waals surface area contributed by atoms with Crippen LogP contribution in [0.4, 0.5) is 4.79 Å². The van der Waals surface area contributed by atoms with Crippen molar-refractivity contribution < 1.29 is 14.3 Å². The van der Waals surface area contributed by atoms with Crippen molar-refractivity contribution in [1.82, 2.24) is 20.4 Å². The van der Waals surface area contributed by atoms with E-state index in [0.29, 0.717) is 6.04 Å². The first-order valence-electron chi connectivity index (χ1n) is 12.4. The van der Waals surface area contributed by atoms with E-state index in [2.05, 4.69) is 15.6 Å². The van der Waals surface area contributed by atoms with Crippen molar-refractivity contribution in [2.24, 2.45) is 16.8 Å². The van der Waals surface area contributed by atoms with E-state index in [0.717, 1.165) is 43.5 Å². The molecule has 8 heteroatoms. The summed E-state index contributed by atoms with van der Waals surface area (Å²) in [5.41, 5.74) is -0.477. The molecule has 5 atom stereocenters. The van der Waals surface area contributed by atoms with Crippen molar-refractivity contribution >= 4 is 18.0 Å². The van der Waals surface area contributed by atoms with Gasteiger partial charge >= 0.3 is 6.09 Å². The van der Waals surface area contributed by atoms with Crippen LogP contribution in [0.3, 0.4) is 0 Å². The predicted molar refractivity (Wildman–Crippen MR) is 124 cm³/mol. The molecule has 8 nitrogen and oxygen atoms in total. The predicted octanol–water partition coefficient (Wildman–Crippen LogP) is 2.73. The van der Waals surface area contributed by atoms with E-state index in [1.807, 2.05) is 25.7 Å². The molecule has 2 heterocycles. The molecule has 4 rings (SSSR count). The van der Waals surface area contributed by atoms with Crippen molar-refractivity contribution in [1.29, 1.82) is 0 Å². The number of fused-ring (bicyclic) bond motifs is 4. The van der Waals surface area contributed by atoms with E-state index in [9.17, 15) is 9.59 Å². The first kappa shape index (κ1) is 23.2. The van der Waals surface area contributed by atoms with E-state index in [1.54, 1.807) is 19.0 Å². The molecule has 4 fully saturated rings. The molecule has 0 radical (unpaired) electrons. The largest absolute Gasteiger partial charge is 0.444 e. The van der Waals surface area contributed by atoms with Gasteiger partial charge in [0.25, 0.3) is 0 Å². The second-order valence-electron chi connectivity index (χ2n) is 11.5. The summed E-state index contributed by atoms with van der Waals surface area (Å²) >= 11 is 0. The van der Waals surface area contributed by atoms with Crippen molar-refractivity contribution in [2.45, 2.75) is 102 Å². The highest BCUT2D eigenvalue weighted by atomic mass is 16.6. The van der Waals surface area contributed by atoms with Crippen molar-refractivity contribution in [3.63, 3.8) is 0 Å². The van der Waals surface area contributed by atoms with Crippen molar-refractivity contribution in [3.05, 3.63) is 0 Å². The Labute approximate surface area is 192 Å². The van der Waals surface area contributed by atoms with Crippen molar-refractivity contribution in [3.8, 4) is 0 Å². The Morgan fingerprint density at radius 3 is 2.22 bits per heavy atom. The van der Waals surface area contributed by atoms with Gasteiger partial charge in [-0.15, -0.1) is 0 Å². The molecule has 4 aliphatic rings. The van der Waals surface area contributed by atoms with Crippen LogP contribution in [-0.2, 0) is 9.53 Å². The molecule has 2 aliphatic heterocycles. The Morgan fingerprint density at radius 1 is 1.00 bits per heavy atom. The minimum Gasteiger partial charge on any atom is -0.444 e. The molecule has 5 unspecified atom stereocenters. The maximum atomic E-state index is 12.8. The average molecular weight is 448 g/mol. The highest BCUT2D eigenvalue weighted by molar-refractivity contribution is 5.85. The number of nitrogens with one attached hydrogen (secondary N) is 2. The maximum absolute atomic E-state index is 12.8. The van der Waals surface area contributed by atoms with Crippen LogP contribution >= 0.6 is 0 Å². The second kappa shape index (κ2) is 9.10. The number of piperidine rings is 1. The number of likely N-dealkylation sites (N-methyl/N-ethyl adjacent to an activating group) is 1. The zero-order valence-corrected chi connectivity index (χ0v) is 20.4. The smallest absolute Gasteiger partial charge is 0.410 e. The van der Waals surface area contributed by atoms with Crippen LogP contribution in [0.1, 0.15) is 72.1 Å². The van der Waals surface area contributed by atoms with Gasteiger partial charge in [-0.1, -0.05) is 6.42 Å². The number of guanidine groups is 1. The summed E-state index contributed by atoms with van der Waals surface area (Å²) in [5.74, 6) is 2.32. The molecule has 2 aliphatic carbocycles. The lowest BCUT2D eigenvalue weighted by molar-refractivity contribution is -0.127. The Balaban J connectivity index is 1.39. The SMILES string of the molecule is CN(C)C(=O)CN=C(NC1CC2CCC(C1)N2C(=O)OC(C)(C)C)NC1CC2CCC1C2. The van der Waals surface area contributed by atoms with E-state index < -0.39 is 5.60 Å². The van der Waals surface area contributed by atoms with Gasteiger partial charge in [-0.25, -0.2) is 9.79 Å². The van der Waals surface area contributed by atoms with Crippen LogP contribution in [0.5, 0.6) is 0 Å². The number of carbonyl (C=O) groups is 2. The Hall–Kier alpha value is -1.99. The van der Waals surface area contributed by atoms with E-state index in [-0.39, 0.29) is 36.7 Å². The maximum Gasteiger partial charge on any atom is 0.410 e. The third kappa shape index (κ3) is 5.31. The second-order valence-corrected chi connectivity index (χ2v) is 11.5. The molecule has 0 aromatic heterocycles. The number of hydrogen-bond donors (Lipinski definition) is 2. The monoisotopic (exact) mass is 447 g/mol. The summed E-state index contributed by atoms with van der Waals surface area (Å²) in [7, 11) is 3.52. The summed E-state index contributed by atoms with van der Waals surface area (Å²) in [6.07, 6.45) is 8.80. The minimum atomic E-state index is -0.477. The normalized spacial score (nSPS) is 33.9. The van der Waals surface area contributed by atoms with Crippen LogP contribution in [-0.4, -0.2) is 78.2 Å². The summed E-state index contributed by atoms with van der Waals surface area (Å²) < 4.78 is 5.67. The van der Waals surface area contributed by atoms with Gasteiger partial charge in [-0.3, -0.25) is 4.79 Å². The first-order chi connectivity index (χ1) is 15.1. The number of aliphatic imine (C=N–C) groups is 1. The molecule has 4 bridgehead atoms. The molecule has 2 N–H and O–H groups in total. The molecule has 0 aromatic rings. The molecule has 2 saturated heterocycles. The number of nitrogens with zero attached hydrogens (tertiary/aromatic N) is 3.